The lowest BCUT2D eigenvalue weighted by molar-refractivity contribution is -0.127. The van der Waals surface area contributed by atoms with E-state index in [1.54, 1.807) is 18.3 Å². The summed E-state index contributed by atoms with van der Waals surface area (Å²) < 4.78 is 24.4. The van der Waals surface area contributed by atoms with Crippen LogP contribution < -0.4 is 10.5 Å². The Morgan fingerprint density at radius 3 is 2.53 bits per heavy atom. The summed E-state index contributed by atoms with van der Waals surface area (Å²) in [6.07, 6.45) is 1.46. The molecular weight excluding hydrogens is 430 g/mol. The number of nitrogens with two attached hydrogens (primary N) is 1. The number of primary sulfonamides is 1. The molecule has 0 radical (unpaired) electrons. The Kier molecular flexibility index (Phi) is 5.85. The van der Waals surface area contributed by atoms with Gasteiger partial charge in [0, 0.05) is 12.0 Å². The molecule has 168 valence electrons. The maximum atomic E-state index is 13.2. The lowest BCUT2D eigenvalue weighted by Crippen LogP contribution is -2.40. The molecule has 10 heteroatoms. The van der Waals surface area contributed by atoms with Gasteiger partial charge in [-0.2, -0.15) is 0 Å². The van der Waals surface area contributed by atoms with E-state index in [1.807, 2.05) is 38.1 Å². The maximum absolute atomic E-state index is 13.2. The van der Waals surface area contributed by atoms with Crippen LogP contribution >= 0.6 is 0 Å². The van der Waals surface area contributed by atoms with Crippen LogP contribution in [-0.2, 0) is 21.2 Å². The molecule has 0 fully saturated rings. The molecule has 0 saturated carbocycles. The van der Waals surface area contributed by atoms with E-state index in [9.17, 15) is 18.3 Å². The molecule has 1 aromatic heterocycles. The highest BCUT2D eigenvalue weighted by Gasteiger charge is 2.35. The predicted molar refractivity (Wildman–Crippen MR) is 118 cm³/mol. The van der Waals surface area contributed by atoms with E-state index in [0.717, 1.165) is 11.1 Å². The molecule has 9 nitrogen and oxygen atoms in total. The van der Waals surface area contributed by atoms with Crippen LogP contribution in [0.3, 0.4) is 0 Å². The molecule has 1 heterocycles. The topological polar surface area (TPSA) is 140 Å². The van der Waals surface area contributed by atoms with Crippen LogP contribution in [0.5, 0.6) is 0 Å². The number of benzene rings is 2. The minimum absolute atomic E-state index is 0.00322. The van der Waals surface area contributed by atoms with Gasteiger partial charge in [0.25, 0.3) is 0 Å². The average Bonchev–Trinajstić information content (AvgIpc) is 3.32. The highest BCUT2D eigenvalue weighted by molar-refractivity contribution is 7.89. The number of hydrogen-bond donors (Lipinski definition) is 3. The Labute approximate surface area is 186 Å². The van der Waals surface area contributed by atoms with Gasteiger partial charge in [-0.1, -0.05) is 55.5 Å². The van der Waals surface area contributed by atoms with Crippen molar-refractivity contribution >= 4 is 15.9 Å². The van der Waals surface area contributed by atoms with E-state index in [2.05, 4.69) is 15.6 Å². The van der Waals surface area contributed by atoms with E-state index in [-0.39, 0.29) is 16.7 Å². The number of amides is 1. The number of carbonyl (C=O) groups is 1. The monoisotopic (exact) mass is 455 g/mol. The predicted octanol–water partition coefficient (Wildman–Crippen LogP) is 1.56. The molecule has 4 rings (SSSR count). The number of rotatable bonds is 6. The Hall–Kier alpha value is -3.08. The van der Waals surface area contributed by atoms with Crippen molar-refractivity contribution in [3.63, 3.8) is 0 Å². The van der Waals surface area contributed by atoms with Crippen LogP contribution in [0.25, 0.3) is 11.3 Å². The van der Waals surface area contributed by atoms with E-state index in [4.69, 9.17) is 5.14 Å². The van der Waals surface area contributed by atoms with Gasteiger partial charge in [-0.3, -0.25) is 4.79 Å². The number of aliphatic hydroxyl groups excluding tert-OH is 1. The minimum atomic E-state index is -3.78. The summed E-state index contributed by atoms with van der Waals surface area (Å²) in [5.74, 6) is -0.357. The first-order chi connectivity index (χ1) is 15.1. The van der Waals surface area contributed by atoms with Gasteiger partial charge in [0.15, 0.2) is 0 Å². The third-order valence-corrected chi connectivity index (χ3v) is 6.60. The summed E-state index contributed by atoms with van der Waals surface area (Å²) in [6, 6.07) is 12.5. The van der Waals surface area contributed by atoms with E-state index in [1.165, 1.54) is 16.8 Å². The number of nitrogens with zero attached hydrogens (tertiary/aromatic N) is 3. The zero-order chi connectivity index (χ0) is 23.0. The first-order valence-electron chi connectivity index (χ1n) is 10.3. The van der Waals surface area contributed by atoms with Gasteiger partial charge in [0.2, 0.25) is 15.9 Å². The molecule has 0 bridgehead atoms. The second-order valence-electron chi connectivity index (χ2n) is 8.30. The van der Waals surface area contributed by atoms with Gasteiger partial charge in [0.1, 0.15) is 11.7 Å². The van der Waals surface area contributed by atoms with Crippen molar-refractivity contribution in [3.8, 4) is 11.3 Å². The summed E-state index contributed by atoms with van der Waals surface area (Å²) in [5.41, 5.74) is 3.09. The first kappa shape index (κ1) is 22.1. The third kappa shape index (κ3) is 4.29. The van der Waals surface area contributed by atoms with Gasteiger partial charge in [-0.25, -0.2) is 18.2 Å². The molecule has 2 aromatic carbocycles. The molecule has 1 aliphatic rings. The van der Waals surface area contributed by atoms with Crippen molar-refractivity contribution in [1.29, 1.82) is 0 Å². The number of aromatic nitrogens is 3. The molecule has 1 amide bonds. The van der Waals surface area contributed by atoms with Crippen molar-refractivity contribution in [2.45, 2.75) is 43.4 Å². The molecule has 0 saturated heterocycles. The highest BCUT2D eigenvalue weighted by Crippen LogP contribution is 2.32. The minimum Gasteiger partial charge on any atom is -0.390 e. The summed E-state index contributed by atoms with van der Waals surface area (Å²) in [5, 5.41) is 26.9. The van der Waals surface area contributed by atoms with Crippen LogP contribution in [0.1, 0.15) is 37.1 Å². The van der Waals surface area contributed by atoms with Crippen LogP contribution in [0.2, 0.25) is 0 Å². The van der Waals surface area contributed by atoms with Gasteiger partial charge < -0.3 is 10.4 Å². The van der Waals surface area contributed by atoms with Crippen molar-refractivity contribution in [2.24, 2.45) is 11.1 Å². The lowest BCUT2D eigenvalue weighted by Gasteiger charge is -2.24. The van der Waals surface area contributed by atoms with E-state index < -0.39 is 28.2 Å². The normalized spacial score (nSPS) is 19.0. The summed E-state index contributed by atoms with van der Waals surface area (Å²) >= 11 is 0. The fourth-order valence-corrected chi connectivity index (χ4v) is 4.59. The number of carbonyl (C=O) groups excluding carboxylic acids is 1. The average molecular weight is 456 g/mol. The quantitative estimate of drug-likeness (QED) is 0.515. The molecule has 3 atom stereocenters. The fourth-order valence-electron chi connectivity index (χ4n) is 4.08. The Balaban J connectivity index is 1.56. The lowest BCUT2D eigenvalue weighted by atomic mass is 10.0. The van der Waals surface area contributed by atoms with Crippen molar-refractivity contribution in [1.82, 2.24) is 20.3 Å². The fraction of sp³-hybridized carbons (Fsp3) is 0.318. The Morgan fingerprint density at radius 2 is 1.88 bits per heavy atom. The van der Waals surface area contributed by atoms with Gasteiger partial charge in [-0.15, -0.1) is 5.10 Å². The molecule has 1 aliphatic carbocycles. The van der Waals surface area contributed by atoms with Crippen LogP contribution in [0, 0.1) is 5.92 Å². The number of hydrogen-bond acceptors (Lipinski definition) is 6. The molecule has 3 aromatic rings. The van der Waals surface area contributed by atoms with Crippen molar-refractivity contribution < 1.29 is 18.3 Å². The van der Waals surface area contributed by atoms with Crippen LogP contribution in [0.15, 0.2) is 59.6 Å². The van der Waals surface area contributed by atoms with Crippen molar-refractivity contribution in [2.75, 3.05) is 0 Å². The Bertz CT molecular complexity index is 1240. The standard InChI is InChI=1S/C22H25N5O4S/c1-13(2)21(22(29)24-20-17-6-4-3-5-15(17)11-19(20)28)27-12-18(25-26-27)14-7-9-16(10-8-14)32(23,30)31/h3-10,12-13,19-21,28H,11H2,1-2H3,(H,24,29)(H2,23,30,31)/t19-,20+,21-/m0/s1. The van der Waals surface area contributed by atoms with Gasteiger partial charge >= 0.3 is 0 Å². The summed E-state index contributed by atoms with van der Waals surface area (Å²) in [4.78, 5) is 13.2. The van der Waals surface area contributed by atoms with Gasteiger partial charge in [-0.05, 0) is 29.2 Å². The van der Waals surface area contributed by atoms with Crippen LogP contribution in [-0.4, -0.2) is 40.5 Å². The zero-order valence-electron chi connectivity index (χ0n) is 17.7. The van der Waals surface area contributed by atoms with Gasteiger partial charge in [0.05, 0.1) is 23.2 Å². The number of aliphatic hydroxyl groups is 1. The molecular formula is C22H25N5O4S. The second-order valence-corrected chi connectivity index (χ2v) is 9.86. The molecule has 0 unspecified atom stereocenters. The van der Waals surface area contributed by atoms with Crippen molar-refractivity contribution in [3.05, 3.63) is 65.9 Å². The highest BCUT2D eigenvalue weighted by atomic mass is 32.2. The molecule has 0 spiro atoms. The first-order valence-corrected chi connectivity index (χ1v) is 11.8. The summed E-state index contributed by atoms with van der Waals surface area (Å²) in [6.45, 7) is 3.82. The van der Waals surface area contributed by atoms with Crippen LogP contribution in [0.4, 0.5) is 0 Å². The number of nitrogens with one attached hydrogen (secondary N) is 1. The smallest absolute Gasteiger partial charge is 0.245 e. The van der Waals surface area contributed by atoms with E-state index in [0.29, 0.717) is 17.7 Å². The third-order valence-electron chi connectivity index (χ3n) is 5.68. The Morgan fingerprint density at radius 1 is 1.19 bits per heavy atom. The maximum Gasteiger partial charge on any atom is 0.245 e. The summed E-state index contributed by atoms with van der Waals surface area (Å²) in [7, 11) is -3.78. The zero-order valence-corrected chi connectivity index (χ0v) is 18.5. The SMILES string of the molecule is CC(C)[C@@H](C(=O)N[C@@H]1c2ccccc2C[C@@H]1O)n1cc(-c2ccc(S(N)(=O)=O)cc2)nn1. The van der Waals surface area contributed by atoms with E-state index >= 15 is 0 Å². The largest absolute Gasteiger partial charge is 0.390 e. The number of sulfonamides is 1. The molecule has 0 aliphatic heterocycles. The number of fused-ring (bicyclic) bond motifs is 1. The molecule has 32 heavy (non-hydrogen) atoms. The second kappa shape index (κ2) is 8.45. The molecule has 4 N–H and O–H groups in total.